The Labute approximate surface area is 124 Å². The van der Waals surface area contributed by atoms with Gasteiger partial charge in [-0.15, -0.1) is 0 Å². The number of rotatable bonds is 3. The number of hydrogen-bond acceptors (Lipinski definition) is 4. The van der Waals surface area contributed by atoms with Gasteiger partial charge in [0, 0.05) is 17.8 Å². The molecule has 0 saturated heterocycles. The van der Waals surface area contributed by atoms with E-state index in [2.05, 4.69) is 0 Å². The fourth-order valence-electron chi connectivity index (χ4n) is 2.28. The molecule has 0 radical (unpaired) electrons. The van der Waals surface area contributed by atoms with Crippen LogP contribution in [-0.2, 0) is 0 Å². The van der Waals surface area contributed by atoms with Gasteiger partial charge >= 0.3 is 0 Å². The SMILES string of the molecule is N#Cc1cc(C(=O)c2cc(F)ccc2O)cn(C2CC2)c1=O. The lowest BCUT2D eigenvalue weighted by atomic mass is 10.0. The first-order valence-electron chi connectivity index (χ1n) is 6.71. The summed E-state index contributed by atoms with van der Waals surface area (Å²) in [5.74, 6) is -1.64. The highest BCUT2D eigenvalue weighted by atomic mass is 19.1. The molecule has 3 rings (SSSR count). The minimum absolute atomic E-state index is 0.00606. The van der Waals surface area contributed by atoms with Crippen molar-refractivity contribution in [2.45, 2.75) is 18.9 Å². The molecule has 0 unspecified atom stereocenters. The molecular weight excluding hydrogens is 287 g/mol. The van der Waals surface area contributed by atoms with Crippen LogP contribution in [0.25, 0.3) is 0 Å². The second-order valence-corrected chi connectivity index (χ2v) is 5.19. The molecule has 1 aromatic heterocycles. The third-order valence-corrected chi connectivity index (χ3v) is 3.57. The normalized spacial score (nSPS) is 13.6. The highest BCUT2D eigenvalue weighted by Crippen LogP contribution is 2.34. The van der Waals surface area contributed by atoms with E-state index in [1.165, 1.54) is 16.8 Å². The van der Waals surface area contributed by atoms with E-state index in [9.17, 15) is 19.1 Å². The van der Waals surface area contributed by atoms with E-state index >= 15 is 0 Å². The van der Waals surface area contributed by atoms with Crippen molar-refractivity contribution in [3.63, 3.8) is 0 Å². The number of carbonyl (C=O) groups is 1. The van der Waals surface area contributed by atoms with Crippen molar-refractivity contribution in [1.29, 1.82) is 5.26 Å². The largest absolute Gasteiger partial charge is 0.507 e. The predicted molar refractivity (Wildman–Crippen MR) is 75.2 cm³/mol. The van der Waals surface area contributed by atoms with Gasteiger partial charge in [0.2, 0.25) is 0 Å². The molecule has 1 aliphatic rings. The first kappa shape index (κ1) is 14.0. The minimum atomic E-state index is -0.655. The van der Waals surface area contributed by atoms with E-state index in [1.807, 2.05) is 0 Å². The molecule has 0 bridgehead atoms. The number of pyridine rings is 1. The second kappa shape index (κ2) is 5.11. The Balaban J connectivity index is 2.14. The zero-order chi connectivity index (χ0) is 15.9. The molecule has 22 heavy (non-hydrogen) atoms. The van der Waals surface area contributed by atoms with E-state index in [-0.39, 0.29) is 28.5 Å². The molecule has 0 spiro atoms. The maximum absolute atomic E-state index is 13.3. The van der Waals surface area contributed by atoms with Crippen molar-refractivity contribution in [1.82, 2.24) is 4.57 Å². The Hall–Kier alpha value is -2.94. The number of phenols is 1. The third kappa shape index (κ3) is 2.37. The van der Waals surface area contributed by atoms with Crippen LogP contribution < -0.4 is 5.56 Å². The number of carbonyl (C=O) groups excluding carboxylic acids is 1. The van der Waals surface area contributed by atoms with Gasteiger partial charge in [0.25, 0.3) is 5.56 Å². The fourth-order valence-corrected chi connectivity index (χ4v) is 2.28. The van der Waals surface area contributed by atoms with Crippen LogP contribution in [-0.4, -0.2) is 15.5 Å². The number of benzene rings is 1. The molecule has 0 atom stereocenters. The van der Waals surface area contributed by atoms with Crippen molar-refractivity contribution < 1.29 is 14.3 Å². The second-order valence-electron chi connectivity index (χ2n) is 5.19. The summed E-state index contributed by atoms with van der Waals surface area (Å²) in [6.07, 6.45) is 2.99. The van der Waals surface area contributed by atoms with Gasteiger partial charge in [-0.2, -0.15) is 5.26 Å². The number of aromatic nitrogens is 1. The lowest BCUT2D eigenvalue weighted by Crippen LogP contribution is -2.23. The average Bonchev–Trinajstić information content (AvgIpc) is 3.34. The molecule has 1 fully saturated rings. The van der Waals surface area contributed by atoms with Gasteiger partial charge in [0.15, 0.2) is 5.78 Å². The Morgan fingerprint density at radius 3 is 2.73 bits per heavy atom. The zero-order valence-electron chi connectivity index (χ0n) is 11.4. The first-order chi connectivity index (χ1) is 10.5. The predicted octanol–water partition coefficient (Wildman–Crippen LogP) is 2.13. The van der Waals surface area contributed by atoms with Crippen molar-refractivity contribution >= 4 is 5.78 Å². The molecule has 6 heteroatoms. The number of nitriles is 1. The maximum atomic E-state index is 13.3. The van der Waals surface area contributed by atoms with E-state index < -0.39 is 17.2 Å². The number of ketones is 1. The van der Waals surface area contributed by atoms with Gasteiger partial charge < -0.3 is 9.67 Å². The van der Waals surface area contributed by atoms with Crippen molar-refractivity contribution in [3.05, 3.63) is 63.3 Å². The summed E-state index contributed by atoms with van der Waals surface area (Å²) in [6.45, 7) is 0. The van der Waals surface area contributed by atoms with E-state index in [0.717, 1.165) is 31.0 Å². The van der Waals surface area contributed by atoms with Crippen LogP contribution in [0.1, 0.15) is 40.4 Å². The number of aromatic hydroxyl groups is 1. The molecule has 1 saturated carbocycles. The maximum Gasteiger partial charge on any atom is 0.268 e. The van der Waals surface area contributed by atoms with Crippen LogP contribution in [0.3, 0.4) is 0 Å². The smallest absolute Gasteiger partial charge is 0.268 e. The molecule has 110 valence electrons. The Kier molecular flexibility index (Phi) is 3.26. The molecule has 5 nitrogen and oxygen atoms in total. The average molecular weight is 298 g/mol. The summed E-state index contributed by atoms with van der Waals surface area (Å²) in [4.78, 5) is 24.5. The third-order valence-electron chi connectivity index (χ3n) is 3.57. The van der Waals surface area contributed by atoms with Gasteiger partial charge in [-0.05, 0) is 37.1 Å². The zero-order valence-corrected chi connectivity index (χ0v) is 11.4. The monoisotopic (exact) mass is 298 g/mol. The summed E-state index contributed by atoms with van der Waals surface area (Å²) in [5.41, 5.74) is -0.715. The molecule has 2 aromatic rings. The van der Waals surface area contributed by atoms with Crippen molar-refractivity contribution in [2.24, 2.45) is 0 Å². The topological polar surface area (TPSA) is 83.1 Å². The Morgan fingerprint density at radius 1 is 1.36 bits per heavy atom. The number of hydrogen-bond donors (Lipinski definition) is 1. The van der Waals surface area contributed by atoms with Crippen LogP contribution in [0.15, 0.2) is 35.3 Å². The quantitative estimate of drug-likeness (QED) is 0.880. The van der Waals surface area contributed by atoms with Crippen molar-refractivity contribution in [2.75, 3.05) is 0 Å². The van der Waals surface area contributed by atoms with Gasteiger partial charge in [-0.3, -0.25) is 9.59 Å². The lowest BCUT2D eigenvalue weighted by molar-refractivity contribution is 0.103. The number of phenolic OH excluding ortho intramolecular Hbond substituents is 1. The summed E-state index contributed by atoms with van der Waals surface area (Å²) < 4.78 is 14.6. The minimum Gasteiger partial charge on any atom is -0.507 e. The molecule has 1 heterocycles. The molecular formula is C16H11FN2O3. The summed E-state index contributed by atoms with van der Waals surface area (Å²) >= 11 is 0. The summed E-state index contributed by atoms with van der Waals surface area (Å²) in [7, 11) is 0. The van der Waals surface area contributed by atoms with Gasteiger partial charge in [-0.25, -0.2) is 4.39 Å². The first-order valence-corrected chi connectivity index (χ1v) is 6.71. The van der Waals surface area contributed by atoms with Crippen LogP contribution in [0.4, 0.5) is 4.39 Å². The molecule has 1 N–H and O–H groups in total. The van der Waals surface area contributed by atoms with E-state index in [0.29, 0.717) is 0 Å². The molecule has 1 aromatic carbocycles. The molecule has 0 aliphatic heterocycles. The van der Waals surface area contributed by atoms with Crippen molar-refractivity contribution in [3.8, 4) is 11.8 Å². The lowest BCUT2D eigenvalue weighted by Gasteiger charge is -2.09. The van der Waals surface area contributed by atoms with E-state index in [1.54, 1.807) is 6.07 Å². The number of nitrogens with zero attached hydrogens (tertiary/aromatic N) is 2. The van der Waals surface area contributed by atoms with Gasteiger partial charge in [0.05, 0.1) is 5.56 Å². The highest BCUT2D eigenvalue weighted by molar-refractivity contribution is 6.10. The summed E-state index contributed by atoms with van der Waals surface area (Å²) in [5, 5.41) is 18.8. The summed E-state index contributed by atoms with van der Waals surface area (Å²) in [6, 6.07) is 5.99. The van der Waals surface area contributed by atoms with Crippen LogP contribution in [0.2, 0.25) is 0 Å². The fraction of sp³-hybridized carbons (Fsp3) is 0.188. The molecule has 0 amide bonds. The van der Waals surface area contributed by atoms with Crippen LogP contribution in [0, 0.1) is 17.1 Å². The standard InChI is InChI=1S/C16H11FN2O3/c17-11-1-4-14(20)13(6-11)15(21)10-5-9(7-18)16(22)19(8-10)12-2-3-12/h1,4-6,8,12,20H,2-3H2. The van der Waals surface area contributed by atoms with Crippen LogP contribution in [0.5, 0.6) is 5.75 Å². The molecule has 1 aliphatic carbocycles. The van der Waals surface area contributed by atoms with Gasteiger partial charge in [0.1, 0.15) is 23.2 Å². The number of halogens is 1. The van der Waals surface area contributed by atoms with Gasteiger partial charge in [-0.1, -0.05) is 0 Å². The van der Waals surface area contributed by atoms with Crippen LogP contribution >= 0.6 is 0 Å². The van der Waals surface area contributed by atoms with E-state index in [4.69, 9.17) is 5.26 Å². The highest BCUT2D eigenvalue weighted by Gasteiger charge is 2.27. The Bertz CT molecular complexity index is 876. The Morgan fingerprint density at radius 2 is 2.09 bits per heavy atom.